The molecule has 0 unspecified atom stereocenters. The van der Waals surface area contributed by atoms with Gasteiger partial charge >= 0.3 is 6.09 Å². The van der Waals surface area contributed by atoms with Crippen LogP contribution in [0.15, 0.2) is 0 Å². The molecule has 0 aromatic rings. The number of amides is 2. The van der Waals surface area contributed by atoms with Crippen molar-refractivity contribution in [3.8, 4) is 0 Å². The highest BCUT2D eigenvalue weighted by molar-refractivity contribution is 5.79. The van der Waals surface area contributed by atoms with E-state index in [9.17, 15) is 14.4 Å². The second kappa shape index (κ2) is 9.05. The molecule has 1 aliphatic heterocycles. The van der Waals surface area contributed by atoms with Crippen molar-refractivity contribution in [1.29, 1.82) is 0 Å². The predicted octanol–water partition coefficient (Wildman–Crippen LogP) is 4.07. The van der Waals surface area contributed by atoms with Crippen molar-refractivity contribution < 1.29 is 19.1 Å². The molecule has 0 aromatic carbocycles. The number of nitrogens with one attached hydrogen (secondary N) is 1. The molecule has 1 spiro atoms. The summed E-state index contributed by atoms with van der Waals surface area (Å²) in [6, 6.07) is 0.242. The van der Waals surface area contributed by atoms with Gasteiger partial charge in [0.15, 0.2) is 0 Å². The molecule has 2 saturated carbocycles. The first-order valence-electron chi connectivity index (χ1n) is 11.4. The van der Waals surface area contributed by atoms with E-state index in [4.69, 9.17) is 4.74 Å². The fourth-order valence-electron chi connectivity index (χ4n) is 5.20. The summed E-state index contributed by atoms with van der Waals surface area (Å²) in [4.78, 5) is 37.7. The molecular weight excluding hydrogens is 368 g/mol. The molecular formula is C23H38N2O4. The minimum atomic E-state index is -0.454. The number of carbonyl (C=O) groups excluding carboxylic acids is 3. The topological polar surface area (TPSA) is 75.7 Å². The highest BCUT2D eigenvalue weighted by Gasteiger charge is 2.41. The zero-order chi connectivity index (χ0) is 21.1. The van der Waals surface area contributed by atoms with Crippen LogP contribution in [0.25, 0.3) is 0 Å². The van der Waals surface area contributed by atoms with Crippen molar-refractivity contribution in [3.63, 3.8) is 0 Å². The summed E-state index contributed by atoms with van der Waals surface area (Å²) in [5.74, 6) is 0.512. The first kappa shape index (κ1) is 22.1. The average molecular weight is 407 g/mol. The molecule has 0 radical (unpaired) electrons. The van der Waals surface area contributed by atoms with Gasteiger partial charge in [0.1, 0.15) is 11.9 Å². The van der Waals surface area contributed by atoms with Crippen LogP contribution in [0, 0.1) is 17.3 Å². The summed E-state index contributed by atoms with van der Waals surface area (Å²) in [5, 5.41) is 3.24. The predicted molar refractivity (Wildman–Crippen MR) is 111 cm³/mol. The molecule has 6 nitrogen and oxygen atoms in total. The van der Waals surface area contributed by atoms with Crippen LogP contribution in [0.2, 0.25) is 0 Å². The number of ether oxygens (including phenoxy) is 1. The maximum atomic E-state index is 12.7. The Hall–Kier alpha value is -1.59. The molecule has 1 saturated heterocycles. The molecule has 2 amide bonds. The third-order valence-electron chi connectivity index (χ3n) is 7.20. The molecule has 1 N–H and O–H groups in total. The van der Waals surface area contributed by atoms with E-state index in [-0.39, 0.29) is 35.3 Å². The molecule has 6 heteroatoms. The van der Waals surface area contributed by atoms with Gasteiger partial charge < -0.3 is 19.7 Å². The van der Waals surface area contributed by atoms with Gasteiger partial charge in [0, 0.05) is 31.0 Å². The van der Waals surface area contributed by atoms with Gasteiger partial charge in [-0.2, -0.15) is 0 Å². The fraction of sp³-hybridized carbons (Fsp3) is 0.870. The Kier molecular flexibility index (Phi) is 6.90. The molecule has 2 aliphatic carbocycles. The quantitative estimate of drug-likeness (QED) is 0.717. The standard InChI is InChI=1S/C23H38N2O4/c1-22(2,3)29-21(28)25-14-12-23(13-15-25)10-8-18(9-11-23)20(27)24-19-6-4-17(16-26)5-7-19/h16-19H,4-15H2,1-3H3,(H,24,27). The lowest BCUT2D eigenvalue weighted by atomic mass is 9.65. The lowest BCUT2D eigenvalue weighted by Gasteiger charge is -2.45. The monoisotopic (exact) mass is 406 g/mol. The highest BCUT2D eigenvalue weighted by atomic mass is 16.6. The van der Waals surface area contributed by atoms with Gasteiger partial charge in [-0.3, -0.25) is 4.79 Å². The van der Waals surface area contributed by atoms with Crippen molar-refractivity contribution in [2.75, 3.05) is 13.1 Å². The van der Waals surface area contributed by atoms with Crippen LogP contribution < -0.4 is 5.32 Å². The fourth-order valence-corrected chi connectivity index (χ4v) is 5.20. The molecule has 0 atom stereocenters. The Morgan fingerprint density at radius 2 is 1.55 bits per heavy atom. The molecule has 1 heterocycles. The van der Waals surface area contributed by atoms with E-state index < -0.39 is 5.60 Å². The van der Waals surface area contributed by atoms with Crippen LogP contribution in [0.3, 0.4) is 0 Å². The molecule has 3 rings (SSSR count). The third kappa shape index (κ3) is 5.95. The van der Waals surface area contributed by atoms with Crippen LogP contribution in [0.4, 0.5) is 4.79 Å². The van der Waals surface area contributed by atoms with E-state index in [2.05, 4.69) is 5.32 Å². The number of rotatable bonds is 3. The van der Waals surface area contributed by atoms with Gasteiger partial charge in [0.05, 0.1) is 0 Å². The molecule has 0 bridgehead atoms. The summed E-state index contributed by atoms with van der Waals surface area (Å²) in [6.45, 7) is 7.21. The Morgan fingerprint density at radius 1 is 0.966 bits per heavy atom. The zero-order valence-corrected chi connectivity index (χ0v) is 18.4. The lowest BCUT2D eigenvalue weighted by molar-refractivity contribution is -0.128. The molecule has 29 heavy (non-hydrogen) atoms. The number of hydrogen-bond donors (Lipinski definition) is 1. The Balaban J connectivity index is 1.41. The Labute approximate surface area is 175 Å². The molecule has 0 aromatic heterocycles. The maximum Gasteiger partial charge on any atom is 0.410 e. The molecule has 3 fully saturated rings. The van der Waals surface area contributed by atoms with E-state index in [1.54, 1.807) is 0 Å². The van der Waals surface area contributed by atoms with Crippen LogP contribution in [-0.2, 0) is 14.3 Å². The minimum absolute atomic E-state index is 0.119. The van der Waals surface area contributed by atoms with Crippen molar-refractivity contribution in [2.24, 2.45) is 17.3 Å². The molecule has 164 valence electrons. The number of likely N-dealkylation sites (tertiary alicyclic amines) is 1. The average Bonchev–Trinajstić information content (AvgIpc) is 2.68. The Morgan fingerprint density at radius 3 is 2.07 bits per heavy atom. The first-order valence-corrected chi connectivity index (χ1v) is 11.4. The van der Waals surface area contributed by atoms with Crippen molar-refractivity contribution in [2.45, 2.75) is 96.6 Å². The first-order chi connectivity index (χ1) is 13.7. The number of carbonyl (C=O) groups is 3. The van der Waals surface area contributed by atoms with Crippen LogP contribution in [-0.4, -0.2) is 47.9 Å². The molecule has 3 aliphatic rings. The van der Waals surface area contributed by atoms with E-state index in [1.807, 2.05) is 25.7 Å². The van der Waals surface area contributed by atoms with E-state index >= 15 is 0 Å². The normalized spacial score (nSPS) is 28.0. The minimum Gasteiger partial charge on any atom is -0.444 e. The van der Waals surface area contributed by atoms with Crippen LogP contribution >= 0.6 is 0 Å². The highest BCUT2D eigenvalue weighted by Crippen LogP contribution is 2.46. The van der Waals surface area contributed by atoms with Crippen molar-refractivity contribution in [1.82, 2.24) is 10.2 Å². The summed E-state index contributed by atoms with van der Waals surface area (Å²) in [6.07, 6.45) is 10.6. The van der Waals surface area contributed by atoms with Gasteiger partial charge in [0.25, 0.3) is 0 Å². The van der Waals surface area contributed by atoms with E-state index in [1.165, 1.54) is 0 Å². The number of hydrogen-bond acceptors (Lipinski definition) is 4. The smallest absolute Gasteiger partial charge is 0.410 e. The van der Waals surface area contributed by atoms with Gasteiger partial charge in [-0.1, -0.05) is 0 Å². The van der Waals surface area contributed by atoms with Gasteiger partial charge in [-0.05, 0) is 90.4 Å². The number of aldehydes is 1. The van der Waals surface area contributed by atoms with Crippen molar-refractivity contribution in [3.05, 3.63) is 0 Å². The summed E-state index contributed by atoms with van der Waals surface area (Å²) in [5.41, 5.74) is -0.165. The summed E-state index contributed by atoms with van der Waals surface area (Å²) >= 11 is 0. The SMILES string of the molecule is CC(C)(C)OC(=O)N1CCC2(CCC(C(=O)NC3CCC(C=O)CC3)CC2)CC1. The van der Waals surface area contributed by atoms with Crippen LogP contribution in [0.5, 0.6) is 0 Å². The number of piperidine rings is 1. The third-order valence-corrected chi connectivity index (χ3v) is 7.20. The second-order valence-corrected chi connectivity index (χ2v) is 10.5. The van der Waals surface area contributed by atoms with Gasteiger partial charge in [-0.25, -0.2) is 4.79 Å². The maximum absolute atomic E-state index is 12.7. The van der Waals surface area contributed by atoms with E-state index in [0.717, 1.165) is 83.6 Å². The van der Waals surface area contributed by atoms with Gasteiger partial charge in [-0.15, -0.1) is 0 Å². The lowest BCUT2D eigenvalue weighted by Crippen LogP contribution is -2.47. The number of nitrogens with zero attached hydrogens (tertiary/aromatic N) is 1. The second-order valence-electron chi connectivity index (χ2n) is 10.5. The van der Waals surface area contributed by atoms with Crippen LogP contribution in [0.1, 0.15) is 85.0 Å². The van der Waals surface area contributed by atoms with E-state index in [0.29, 0.717) is 0 Å². The van der Waals surface area contributed by atoms with Crippen molar-refractivity contribution >= 4 is 18.3 Å². The van der Waals surface area contributed by atoms with Gasteiger partial charge in [0.2, 0.25) is 5.91 Å². The Bertz CT molecular complexity index is 586. The summed E-state index contributed by atoms with van der Waals surface area (Å²) in [7, 11) is 0. The summed E-state index contributed by atoms with van der Waals surface area (Å²) < 4.78 is 5.50. The largest absolute Gasteiger partial charge is 0.444 e. The zero-order valence-electron chi connectivity index (χ0n) is 18.4.